The number of halogens is 2. The van der Waals surface area contributed by atoms with Crippen LogP contribution in [0.4, 0.5) is 13.6 Å². The Balaban J connectivity index is 1.91. The highest BCUT2D eigenvalue weighted by Gasteiger charge is 2.11. The number of nitrogens with zero attached hydrogens (tertiary/aromatic N) is 1. The van der Waals surface area contributed by atoms with Crippen LogP contribution >= 0.6 is 0 Å². The van der Waals surface area contributed by atoms with Crippen LogP contribution in [0.2, 0.25) is 0 Å². The summed E-state index contributed by atoms with van der Waals surface area (Å²) in [6.07, 6.45) is 0. The number of carbonyl (C=O) groups excluding carboxylic acids is 1. The van der Waals surface area contributed by atoms with Crippen molar-refractivity contribution in [2.75, 3.05) is 20.8 Å². The third kappa shape index (κ3) is 5.08. The Labute approximate surface area is 151 Å². The van der Waals surface area contributed by atoms with Crippen molar-refractivity contribution in [3.05, 3.63) is 59.2 Å². The van der Waals surface area contributed by atoms with Crippen molar-refractivity contribution in [2.24, 2.45) is 0 Å². The Kier molecular flexibility index (Phi) is 6.77. The van der Waals surface area contributed by atoms with E-state index in [0.717, 1.165) is 0 Å². The molecular weight excluding hydrogens is 342 g/mol. The fourth-order valence-corrected chi connectivity index (χ4v) is 2.39. The molecule has 0 spiro atoms. The molecular formula is C19H22F2N2O3. The van der Waals surface area contributed by atoms with E-state index >= 15 is 0 Å². The summed E-state index contributed by atoms with van der Waals surface area (Å²) in [4.78, 5) is 13.6. The average molecular weight is 364 g/mol. The van der Waals surface area contributed by atoms with E-state index in [1.165, 1.54) is 36.3 Å². The molecule has 0 heterocycles. The molecule has 2 aromatic carbocycles. The van der Waals surface area contributed by atoms with Crippen molar-refractivity contribution in [2.45, 2.75) is 20.0 Å². The number of rotatable bonds is 7. The summed E-state index contributed by atoms with van der Waals surface area (Å²) in [7, 11) is 2.98. The zero-order chi connectivity index (χ0) is 19.1. The number of hydrogen-bond donors (Lipinski definition) is 1. The van der Waals surface area contributed by atoms with Gasteiger partial charge in [0.2, 0.25) is 0 Å². The zero-order valence-electron chi connectivity index (χ0n) is 15.0. The Bertz CT molecular complexity index is 768. The van der Waals surface area contributed by atoms with E-state index in [-0.39, 0.29) is 30.6 Å². The summed E-state index contributed by atoms with van der Waals surface area (Å²) in [5.41, 5.74) is 1.25. The van der Waals surface area contributed by atoms with Crippen molar-refractivity contribution >= 4 is 6.03 Å². The highest BCUT2D eigenvalue weighted by molar-refractivity contribution is 5.73. The second kappa shape index (κ2) is 9.03. The Morgan fingerprint density at radius 3 is 2.31 bits per heavy atom. The molecule has 1 N–H and O–H groups in total. The van der Waals surface area contributed by atoms with Crippen molar-refractivity contribution in [3.63, 3.8) is 0 Å². The standard InChI is InChI=1S/C19H22F2N2O3/c1-4-26-18-8-5-13(9-16(18)21)11-22-19(24)23(2)12-14-6-7-17(25-3)15(20)10-14/h5-10H,4,11-12H2,1-3H3,(H,22,24). The molecule has 0 aromatic heterocycles. The van der Waals surface area contributed by atoms with Crippen LogP contribution in [0.1, 0.15) is 18.1 Å². The van der Waals surface area contributed by atoms with Crippen LogP contribution in [0.3, 0.4) is 0 Å². The molecule has 0 bridgehead atoms. The highest BCUT2D eigenvalue weighted by Crippen LogP contribution is 2.19. The van der Waals surface area contributed by atoms with Gasteiger partial charge in [0.05, 0.1) is 13.7 Å². The summed E-state index contributed by atoms with van der Waals surface area (Å²) in [6.45, 7) is 2.55. The van der Waals surface area contributed by atoms with Gasteiger partial charge in [-0.05, 0) is 42.3 Å². The zero-order valence-corrected chi connectivity index (χ0v) is 15.0. The normalized spacial score (nSPS) is 10.3. The van der Waals surface area contributed by atoms with Gasteiger partial charge >= 0.3 is 6.03 Å². The molecule has 0 atom stereocenters. The van der Waals surface area contributed by atoms with E-state index in [4.69, 9.17) is 9.47 Å². The van der Waals surface area contributed by atoms with Gasteiger partial charge in [-0.3, -0.25) is 0 Å². The minimum absolute atomic E-state index is 0.151. The molecule has 26 heavy (non-hydrogen) atoms. The summed E-state index contributed by atoms with van der Waals surface area (Å²) in [5, 5.41) is 2.70. The molecule has 0 radical (unpaired) electrons. The summed E-state index contributed by atoms with van der Waals surface area (Å²) < 4.78 is 37.5. The lowest BCUT2D eigenvalue weighted by Gasteiger charge is -2.18. The van der Waals surface area contributed by atoms with E-state index in [0.29, 0.717) is 17.7 Å². The fourth-order valence-electron chi connectivity index (χ4n) is 2.39. The smallest absolute Gasteiger partial charge is 0.317 e. The number of benzene rings is 2. The molecule has 0 aliphatic carbocycles. The summed E-state index contributed by atoms with van der Waals surface area (Å²) in [6, 6.07) is 8.72. The van der Waals surface area contributed by atoms with Gasteiger partial charge in [0, 0.05) is 20.1 Å². The summed E-state index contributed by atoms with van der Waals surface area (Å²) in [5.74, 6) is -0.621. The highest BCUT2D eigenvalue weighted by atomic mass is 19.1. The molecule has 140 valence electrons. The molecule has 7 heteroatoms. The van der Waals surface area contributed by atoms with Gasteiger partial charge in [0.1, 0.15) is 0 Å². The molecule has 0 unspecified atom stereocenters. The van der Waals surface area contributed by atoms with Crippen LogP contribution in [-0.4, -0.2) is 31.7 Å². The van der Waals surface area contributed by atoms with Crippen LogP contribution in [0.25, 0.3) is 0 Å². The number of nitrogens with one attached hydrogen (secondary N) is 1. The Morgan fingerprint density at radius 2 is 1.69 bits per heavy atom. The maximum absolute atomic E-state index is 13.8. The number of hydrogen-bond acceptors (Lipinski definition) is 3. The van der Waals surface area contributed by atoms with Crippen LogP contribution in [0, 0.1) is 11.6 Å². The topological polar surface area (TPSA) is 50.8 Å². The van der Waals surface area contributed by atoms with Gasteiger partial charge in [0.25, 0.3) is 0 Å². The van der Waals surface area contributed by atoms with Crippen molar-refractivity contribution in [1.29, 1.82) is 0 Å². The molecule has 0 aliphatic rings. The monoisotopic (exact) mass is 364 g/mol. The fraction of sp³-hybridized carbons (Fsp3) is 0.316. The number of urea groups is 1. The first-order valence-corrected chi connectivity index (χ1v) is 8.17. The number of methoxy groups -OCH3 is 1. The van der Waals surface area contributed by atoms with E-state index in [1.807, 2.05) is 0 Å². The van der Waals surface area contributed by atoms with E-state index in [2.05, 4.69) is 5.32 Å². The first-order chi connectivity index (χ1) is 12.4. The third-order valence-corrected chi connectivity index (χ3v) is 3.72. The molecule has 0 saturated heterocycles. The van der Waals surface area contributed by atoms with Gasteiger partial charge in [0.15, 0.2) is 23.1 Å². The predicted molar refractivity (Wildman–Crippen MR) is 94.2 cm³/mol. The number of ether oxygens (including phenoxy) is 2. The van der Waals surface area contributed by atoms with Crippen LogP contribution in [0.5, 0.6) is 11.5 Å². The Hall–Kier alpha value is -2.83. The van der Waals surface area contributed by atoms with Gasteiger partial charge in [-0.2, -0.15) is 0 Å². The molecule has 0 saturated carbocycles. The third-order valence-electron chi connectivity index (χ3n) is 3.72. The molecule has 5 nitrogen and oxygen atoms in total. The number of amides is 2. The van der Waals surface area contributed by atoms with Gasteiger partial charge in [-0.25, -0.2) is 13.6 Å². The Morgan fingerprint density at radius 1 is 1.08 bits per heavy atom. The lowest BCUT2D eigenvalue weighted by molar-refractivity contribution is 0.206. The van der Waals surface area contributed by atoms with E-state index in [1.54, 1.807) is 26.1 Å². The lowest BCUT2D eigenvalue weighted by atomic mass is 10.2. The quantitative estimate of drug-likeness (QED) is 0.815. The molecule has 2 amide bonds. The van der Waals surface area contributed by atoms with E-state index < -0.39 is 11.6 Å². The van der Waals surface area contributed by atoms with Gasteiger partial charge < -0.3 is 19.7 Å². The van der Waals surface area contributed by atoms with Crippen molar-refractivity contribution in [3.8, 4) is 11.5 Å². The minimum Gasteiger partial charge on any atom is -0.494 e. The molecule has 0 fully saturated rings. The van der Waals surface area contributed by atoms with E-state index in [9.17, 15) is 13.6 Å². The summed E-state index contributed by atoms with van der Waals surface area (Å²) >= 11 is 0. The first-order valence-electron chi connectivity index (χ1n) is 8.17. The van der Waals surface area contributed by atoms with Gasteiger partial charge in [-0.15, -0.1) is 0 Å². The van der Waals surface area contributed by atoms with Crippen molar-refractivity contribution in [1.82, 2.24) is 10.2 Å². The average Bonchev–Trinajstić information content (AvgIpc) is 2.62. The van der Waals surface area contributed by atoms with Crippen LogP contribution in [-0.2, 0) is 13.1 Å². The SMILES string of the molecule is CCOc1ccc(CNC(=O)N(C)Cc2ccc(OC)c(F)c2)cc1F. The first kappa shape index (κ1) is 19.5. The van der Waals surface area contributed by atoms with Crippen molar-refractivity contribution < 1.29 is 23.0 Å². The molecule has 0 aliphatic heterocycles. The van der Waals surface area contributed by atoms with Crippen LogP contribution in [0.15, 0.2) is 36.4 Å². The largest absolute Gasteiger partial charge is 0.494 e. The second-order valence-electron chi connectivity index (χ2n) is 5.68. The van der Waals surface area contributed by atoms with Gasteiger partial charge in [-0.1, -0.05) is 12.1 Å². The lowest BCUT2D eigenvalue weighted by Crippen LogP contribution is -2.36. The predicted octanol–water partition coefficient (Wildman–Crippen LogP) is 3.71. The second-order valence-corrected chi connectivity index (χ2v) is 5.68. The van der Waals surface area contributed by atoms with Crippen LogP contribution < -0.4 is 14.8 Å². The molecule has 2 rings (SSSR count). The number of carbonyl (C=O) groups is 1. The maximum Gasteiger partial charge on any atom is 0.317 e. The minimum atomic E-state index is -0.483. The maximum atomic E-state index is 13.8. The molecule has 2 aromatic rings.